The molecule has 1 aromatic heterocycles. The zero-order chi connectivity index (χ0) is 18.6. The standard InChI is InChI=1S/C15H27N3O5Si2/c1-24(2,3)22-12-9-8-20-11-7-10(16)17-15(19)18(11)14(21-9)13(12)23-25(4,5)6/h7,9,12-14H,8H2,1-6H3,(H2,16,17,19)/t9-,12+,13+,14-/m1/s1. The van der Waals surface area contributed by atoms with Gasteiger partial charge in [0.1, 0.15) is 30.7 Å². The van der Waals surface area contributed by atoms with E-state index in [1.165, 1.54) is 4.57 Å². The van der Waals surface area contributed by atoms with E-state index in [2.05, 4.69) is 44.3 Å². The highest BCUT2D eigenvalue weighted by Gasteiger charge is 2.52. The van der Waals surface area contributed by atoms with Crippen LogP contribution in [0.25, 0.3) is 0 Å². The molecule has 2 N–H and O–H groups in total. The summed E-state index contributed by atoms with van der Waals surface area (Å²) in [6.45, 7) is 13.0. The van der Waals surface area contributed by atoms with Crippen LogP contribution >= 0.6 is 0 Å². The van der Waals surface area contributed by atoms with Crippen molar-refractivity contribution in [2.24, 2.45) is 0 Å². The number of aromatic nitrogens is 2. The fourth-order valence-electron chi connectivity index (χ4n) is 3.13. The Bertz CT molecular complexity index is 713. The van der Waals surface area contributed by atoms with Crippen LogP contribution < -0.4 is 16.2 Å². The van der Waals surface area contributed by atoms with Crippen LogP contribution in [0.1, 0.15) is 6.23 Å². The number of fused-ring (bicyclic) bond motifs is 4. The Hall–Kier alpha value is -1.21. The summed E-state index contributed by atoms with van der Waals surface area (Å²) in [5.74, 6) is 0.493. The molecule has 0 amide bonds. The van der Waals surface area contributed by atoms with E-state index in [0.29, 0.717) is 5.88 Å². The summed E-state index contributed by atoms with van der Waals surface area (Å²) >= 11 is 0. The van der Waals surface area contributed by atoms with E-state index in [0.717, 1.165) is 0 Å². The molecule has 140 valence electrons. The van der Waals surface area contributed by atoms with Crippen molar-refractivity contribution in [3.8, 4) is 5.88 Å². The molecule has 4 atom stereocenters. The van der Waals surface area contributed by atoms with E-state index in [9.17, 15) is 4.79 Å². The monoisotopic (exact) mass is 385 g/mol. The number of rotatable bonds is 4. The molecule has 0 unspecified atom stereocenters. The van der Waals surface area contributed by atoms with Crippen molar-refractivity contribution < 1.29 is 18.3 Å². The number of anilines is 1. The molecule has 2 aliphatic rings. The van der Waals surface area contributed by atoms with Gasteiger partial charge in [0.2, 0.25) is 5.88 Å². The average molecular weight is 386 g/mol. The lowest BCUT2D eigenvalue weighted by Crippen LogP contribution is -2.50. The molecule has 25 heavy (non-hydrogen) atoms. The predicted molar refractivity (Wildman–Crippen MR) is 98.8 cm³/mol. The van der Waals surface area contributed by atoms with E-state index >= 15 is 0 Å². The van der Waals surface area contributed by atoms with Gasteiger partial charge in [-0.2, -0.15) is 4.98 Å². The molecule has 1 aromatic rings. The second kappa shape index (κ2) is 6.20. The predicted octanol–water partition coefficient (Wildman–Crippen LogP) is 1.56. The van der Waals surface area contributed by atoms with Gasteiger partial charge in [0.15, 0.2) is 22.9 Å². The van der Waals surface area contributed by atoms with Crippen LogP contribution in [0.3, 0.4) is 0 Å². The molecule has 2 bridgehead atoms. The van der Waals surface area contributed by atoms with E-state index in [1.54, 1.807) is 6.07 Å². The van der Waals surface area contributed by atoms with Crippen LogP contribution in [0.5, 0.6) is 5.88 Å². The molecule has 3 rings (SSSR count). The van der Waals surface area contributed by atoms with Crippen LogP contribution in [-0.2, 0) is 13.6 Å². The number of nitrogen functional groups attached to an aromatic ring is 1. The van der Waals surface area contributed by atoms with Gasteiger partial charge in [-0.15, -0.1) is 0 Å². The van der Waals surface area contributed by atoms with Crippen molar-refractivity contribution >= 4 is 22.5 Å². The fraction of sp³-hybridized carbons (Fsp3) is 0.733. The third-order valence-electron chi connectivity index (χ3n) is 3.85. The lowest BCUT2D eigenvalue weighted by molar-refractivity contribution is -0.0297. The van der Waals surface area contributed by atoms with Crippen LogP contribution in [0.4, 0.5) is 5.82 Å². The van der Waals surface area contributed by atoms with Crippen LogP contribution in [0.15, 0.2) is 10.9 Å². The van der Waals surface area contributed by atoms with Gasteiger partial charge in [0.05, 0.1) is 0 Å². The zero-order valence-electron chi connectivity index (χ0n) is 15.6. The molecule has 2 aliphatic heterocycles. The molecule has 0 saturated carbocycles. The summed E-state index contributed by atoms with van der Waals surface area (Å²) in [5.41, 5.74) is 5.19. The maximum Gasteiger partial charge on any atom is 0.354 e. The Morgan fingerprint density at radius 1 is 1.16 bits per heavy atom. The van der Waals surface area contributed by atoms with Gasteiger partial charge in [0.25, 0.3) is 0 Å². The van der Waals surface area contributed by atoms with Crippen molar-refractivity contribution in [2.45, 2.75) is 63.8 Å². The minimum Gasteiger partial charge on any atom is -0.476 e. The molecule has 3 heterocycles. The van der Waals surface area contributed by atoms with Crippen LogP contribution in [-0.4, -0.2) is 51.1 Å². The van der Waals surface area contributed by atoms with Crippen molar-refractivity contribution in [3.63, 3.8) is 0 Å². The Morgan fingerprint density at radius 2 is 1.76 bits per heavy atom. The summed E-state index contributed by atoms with van der Waals surface area (Å²) in [4.78, 5) is 16.3. The van der Waals surface area contributed by atoms with Gasteiger partial charge in [-0.05, 0) is 39.3 Å². The Kier molecular flexibility index (Phi) is 4.61. The highest BCUT2D eigenvalue weighted by Crippen LogP contribution is 2.40. The molecule has 1 fully saturated rings. The Balaban J connectivity index is 2.05. The second-order valence-corrected chi connectivity index (χ2v) is 17.4. The Labute approximate surface area is 149 Å². The lowest BCUT2D eigenvalue weighted by atomic mass is 10.1. The van der Waals surface area contributed by atoms with Gasteiger partial charge >= 0.3 is 5.69 Å². The van der Waals surface area contributed by atoms with Crippen molar-refractivity contribution in [1.82, 2.24) is 9.55 Å². The second-order valence-electron chi connectivity index (χ2n) is 8.44. The molecule has 10 heteroatoms. The highest BCUT2D eigenvalue weighted by molar-refractivity contribution is 6.70. The summed E-state index contributed by atoms with van der Waals surface area (Å²) in [7, 11) is -3.76. The zero-order valence-corrected chi connectivity index (χ0v) is 17.6. The first-order chi connectivity index (χ1) is 11.4. The van der Waals surface area contributed by atoms with Gasteiger partial charge in [-0.1, -0.05) is 0 Å². The summed E-state index contributed by atoms with van der Waals surface area (Å²) in [6.07, 6.45) is -1.59. The van der Waals surface area contributed by atoms with Gasteiger partial charge in [-0.25, -0.2) is 9.36 Å². The molecular weight excluding hydrogens is 358 g/mol. The molecule has 0 spiro atoms. The lowest BCUT2D eigenvalue weighted by Gasteiger charge is -2.35. The maximum atomic E-state index is 12.5. The number of nitrogens with two attached hydrogens (primary N) is 1. The molecule has 8 nitrogen and oxygen atoms in total. The number of nitrogens with zero attached hydrogens (tertiary/aromatic N) is 2. The minimum atomic E-state index is -1.91. The van der Waals surface area contributed by atoms with Crippen molar-refractivity contribution in [3.05, 3.63) is 16.6 Å². The third-order valence-corrected chi connectivity index (χ3v) is 5.81. The van der Waals surface area contributed by atoms with Gasteiger partial charge in [-0.3, -0.25) is 0 Å². The molecular formula is C15H27N3O5Si2. The SMILES string of the molecule is C[Si](C)(C)O[C@@H]1[C@H](O[Si](C)(C)C)[C@H]2O[C@@H]1COc1cc(N)nc(=O)n12. The largest absolute Gasteiger partial charge is 0.476 e. The average Bonchev–Trinajstić information content (AvgIpc) is 2.62. The Morgan fingerprint density at radius 3 is 2.36 bits per heavy atom. The molecule has 0 aromatic carbocycles. The fourth-order valence-corrected chi connectivity index (χ4v) is 5.30. The topological polar surface area (TPSA) is 97.8 Å². The van der Waals surface area contributed by atoms with E-state index in [4.69, 9.17) is 24.1 Å². The normalized spacial score (nSPS) is 29.0. The summed E-state index contributed by atoms with van der Waals surface area (Å²) in [5, 5.41) is 0. The number of hydrogen-bond donors (Lipinski definition) is 1. The number of ether oxygens (including phenoxy) is 2. The van der Waals surface area contributed by atoms with Crippen LogP contribution in [0, 0.1) is 0 Å². The quantitative estimate of drug-likeness (QED) is 0.785. The van der Waals surface area contributed by atoms with Crippen LogP contribution in [0.2, 0.25) is 39.3 Å². The molecule has 1 saturated heterocycles. The van der Waals surface area contributed by atoms with Crippen molar-refractivity contribution in [2.75, 3.05) is 12.3 Å². The van der Waals surface area contributed by atoms with Gasteiger partial charge in [0, 0.05) is 6.07 Å². The van der Waals surface area contributed by atoms with Gasteiger partial charge < -0.3 is 24.1 Å². The first kappa shape index (κ1) is 18.6. The first-order valence-corrected chi connectivity index (χ1v) is 15.3. The molecule has 0 radical (unpaired) electrons. The smallest absolute Gasteiger partial charge is 0.354 e. The first-order valence-electron chi connectivity index (χ1n) is 8.47. The summed E-state index contributed by atoms with van der Waals surface area (Å²) < 4.78 is 26.1. The highest BCUT2D eigenvalue weighted by atomic mass is 28.4. The van der Waals surface area contributed by atoms with E-state index in [1.807, 2.05) is 0 Å². The van der Waals surface area contributed by atoms with E-state index in [-0.39, 0.29) is 30.7 Å². The summed E-state index contributed by atoms with van der Waals surface area (Å²) in [6, 6.07) is 1.55. The maximum absolute atomic E-state index is 12.5. The van der Waals surface area contributed by atoms with E-state index < -0.39 is 28.6 Å². The molecule has 0 aliphatic carbocycles. The van der Waals surface area contributed by atoms with Crippen molar-refractivity contribution in [1.29, 1.82) is 0 Å². The third kappa shape index (κ3) is 3.97. The minimum absolute atomic E-state index is 0.131. The number of hydrogen-bond acceptors (Lipinski definition) is 7.